The van der Waals surface area contributed by atoms with Crippen molar-refractivity contribution in [1.29, 1.82) is 0 Å². The summed E-state index contributed by atoms with van der Waals surface area (Å²) < 4.78 is 0. The molecule has 0 aromatic heterocycles. The minimum atomic E-state index is 0.397. The highest BCUT2D eigenvalue weighted by molar-refractivity contribution is 5.45. The zero-order chi connectivity index (χ0) is 9.14. The van der Waals surface area contributed by atoms with Gasteiger partial charge in [0, 0.05) is 5.69 Å². The lowest BCUT2D eigenvalue weighted by Gasteiger charge is -2.12. The van der Waals surface area contributed by atoms with Crippen molar-refractivity contribution in [3.8, 4) is 0 Å². The molecule has 0 saturated heterocycles. The Bertz CT molecular complexity index is 269. The third kappa shape index (κ3) is 1.77. The van der Waals surface area contributed by atoms with Crippen LogP contribution in [0.5, 0.6) is 0 Å². The average molecular weight is 164 g/mol. The maximum Gasteiger partial charge on any atom is 0.0317 e. The van der Waals surface area contributed by atoms with Gasteiger partial charge in [-0.3, -0.25) is 0 Å². The van der Waals surface area contributed by atoms with Crippen LogP contribution in [-0.4, -0.2) is 6.54 Å². The van der Waals surface area contributed by atoms with Crippen molar-refractivity contribution in [2.45, 2.75) is 19.8 Å². The Balaban J connectivity index is 3.04. The van der Waals surface area contributed by atoms with Crippen LogP contribution in [0.2, 0.25) is 0 Å². The summed E-state index contributed by atoms with van der Waals surface area (Å²) in [5, 5.41) is 0. The molecule has 0 aliphatic carbocycles. The van der Waals surface area contributed by atoms with E-state index < -0.39 is 0 Å². The van der Waals surface area contributed by atoms with Gasteiger partial charge in [0.05, 0.1) is 0 Å². The van der Waals surface area contributed by atoms with E-state index in [-0.39, 0.29) is 0 Å². The fourth-order valence-corrected chi connectivity index (χ4v) is 1.32. The lowest BCUT2D eigenvalue weighted by molar-refractivity contribution is 0.768. The van der Waals surface area contributed by atoms with Gasteiger partial charge < -0.3 is 11.5 Å². The molecule has 0 aliphatic heterocycles. The third-order valence-corrected chi connectivity index (χ3v) is 2.19. The van der Waals surface area contributed by atoms with E-state index in [1.807, 2.05) is 18.2 Å². The van der Waals surface area contributed by atoms with Crippen molar-refractivity contribution in [2.75, 3.05) is 12.3 Å². The molecule has 1 aromatic rings. The fraction of sp³-hybridized carbons (Fsp3) is 0.400. The first-order valence-corrected chi connectivity index (χ1v) is 4.21. The monoisotopic (exact) mass is 164 g/mol. The summed E-state index contributed by atoms with van der Waals surface area (Å²) in [6.07, 6.45) is 0. The van der Waals surface area contributed by atoms with E-state index in [1.54, 1.807) is 0 Å². The molecular weight excluding hydrogens is 148 g/mol. The summed E-state index contributed by atoms with van der Waals surface area (Å²) >= 11 is 0. The number of aryl methyl sites for hydroxylation is 1. The summed E-state index contributed by atoms with van der Waals surface area (Å²) in [5.74, 6) is 0.397. The van der Waals surface area contributed by atoms with E-state index in [9.17, 15) is 0 Å². The molecule has 0 saturated carbocycles. The van der Waals surface area contributed by atoms with Crippen molar-refractivity contribution >= 4 is 5.69 Å². The molecule has 0 fully saturated rings. The molecule has 4 N–H and O–H groups in total. The van der Waals surface area contributed by atoms with E-state index in [0.29, 0.717) is 12.5 Å². The number of nitrogens with two attached hydrogens (primary N) is 2. The molecule has 0 spiro atoms. The Morgan fingerprint density at radius 3 is 2.67 bits per heavy atom. The minimum absolute atomic E-state index is 0.397. The Labute approximate surface area is 73.6 Å². The van der Waals surface area contributed by atoms with Crippen LogP contribution in [0.15, 0.2) is 18.2 Å². The summed E-state index contributed by atoms with van der Waals surface area (Å²) in [6.45, 7) is 4.87. The van der Waals surface area contributed by atoms with Crippen LogP contribution < -0.4 is 11.5 Å². The average Bonchev–Trinajstić information content (AvgIpc) is 2.08. The Kier molecular flexibility index (Phi) is 2.71. The molecule has 0 aliphatic rings. The Morgan fingerprint density at radius 1 is 1.42 bits per heavy atom. The predicted octanol–water partition coefficient (Wildman–Crippen LogP) is 1.64. The van der Waals surface area contributed by atoms with Crippen molar-refractivity contribution in [2.24, 2.45) is 5.73 Å². The van der Waals surface area contributed by atoms with Crippen LogP contribution in [0, 0.1) is 6.92 Å². The van der Waals surface area contributed by atoms with Crippen LogP contribution in [0.4, 0.5) is 5.69 Å². The van der Waals surface area contributed by atoms with Gasteiger partial charge in [-0.1, -0.05) is 13.0 Å². The quantitative estimate of drug-likeness (QED) is 0.653. The summed E-state index contributed by atoms with van der Waals surface area (Å²) in [5.41, 5.74) is 14.6. The normalized spacial score (nSPS) is 12.9. The second-order valence-electron chi connectivity index (χ2n) is 3.25. The molecule has 2 heteroatoms. The van der Waals surface area contributed by atoms with E-state index in [0.717, 1.165) is 5.69 Å². The van der Waals surface area contributed by atoms with Gasteiger partial charge in [0.15, 0.2) is 0 Å². The topological polar surface area (TPSA) is 52.0 Å². The number of hydrogen-bond donors (Lipinski definition) is 2. The number of anilines is 1. The summed E-state index contributed by atoms with van der Waals surface area (Å²) in [6, 6.07) is 5.96. The maximum absolute atomic E-state index is 5.68. The Morgan fingerprint density at radius 2 is 2.08 bits per heavy atom. The smallest absolute Gasteiger partial charge is 0.0317 e. The zero-order valence-electron chi connectivity index (χ0n) is 7.67. The lowest BCUT2D eigenvalue weighted by atomic mass is 9.96. The van der Waals surface area contributed by atoms with Crippen LogP contribution in [0.3, 0.4) is 0 Å². The first kappa shape index (κ1) is 9.07. The summed E-state index contributed by atoms with van der Waals surface area (Å²) in [4.78, 5) is 0. The molecule has 1 atom stereocenters. The van der Waals surface area contributed by atoms with Crippen LogP contribution in [0.1, 0.15) is 24.0 Å². The molecule has 66 valence electrons. The van der Waals surface area contributed by atoms with Crippen LogP contribution in [-0.2, 0) is 0 Å². The van der Waals surface area contributed by atoms with Gasteiger partial charge in [0.25, 0.3) is 0 Å². The number of hydrogen-bond acceptors (Lipinski definition) is 2. The zero-order valence-corrected chi connectivity index (χ0v) is 7.67. The van der Waals surface area contributed by atoms with Crippen LogP contribution >= 0.6 is 0 Å². The molecule has 1 rings (SSSR count). The van der Waals surface area contributed by atoms with Crippen molar-refractivity contribution < 1.29 is 0 Å². The maximum atomic E-state index is 5.68. The number of rotatable bonds is 2. The second kappa shape index (κ2) is 3.59. The van der Waals surface area contributed by atoms with Crippen LogP contribution in [0.25, 0.3) is 0 Å². The highest BCUT2D eigenvalue weighted by Crippen LogP contribution is 2.20. The number of benzene rings is 1. The molecule has 0 radical (unpaired) electrons. The molecule has 12 heavy (non-hydrogen) atoms. The van der Waals surface area contributed by atoms with E-state index in [4.69, 9.17) is 11.5 Å². The molecule has 1 aromatic carbocycles. The van der Waals surface area contributed by atoms with Gasteiger partial charge >= 0.3 is 0 Å². The van der Waals surface area contributed by atoms with Gasteiger partial charge in [0.1, 0.15) is 0 Å². The van der Waals surface area contributed by atoms with E-state index >= 15 is 0 Å². The molecule has 2 nitrogen and oxygen atoms in total. The number of nitrogen functional groups attached to an aromatic ring is 1. The molecular formula is C10H16N2. The predicted molar refractivity (Wildman–Crippen MR) is 53.1 cm³/mol. The first-order valence-electron chi connectivity index (χ1n) is 4.21. The van der Waals surface area contributed by atoms with Gasteiger partial charge in [-0.2, -0.15) is 0 Å². The van der Waals surface area contributed by atoms with E-state index in [2.05, 4.69) is 13.8 Å². The highest BCUT2D eigenvalue weighted by atomic mass is 14.6. The van der Waals surface area contributed by atoms with Gasteiger partial charge in [-0.25, -0.2) is 0 Å². The SMILES string of the molecule is Cc1ccc(N)cc1C(C)CN. The standard InChI is InChI=1S/C10H16N2/c1-7-3-4-9(12)5-10(7)8(2)6-11/h3-5,8H,6,11-12H2,1-2H3. The second-order valence-corrected chi connectivity index (χ2v) is 3.25. The first-order chi connectivity index (χ1) is 5.65. The third-order valence-electron chi connectivity index (χ3n) is 2.19. The van der Waals surface area contributed by atoms with Crippen molar-refractivity contribution in [3.05, 3.63) is 29.3 Å². The summed E-state index contributed by atoms with van der Waals surface area (Å²) in [7, 11) is 0. The molecule has 0 heterocycles. The minimum Gasteiger partial charge on any atom is -0.399 e. The largest absolute Gasteiger partial charge is 0.399 e. The van der Waals surface area contributed by atoms with Crippen molar-refractivity contribution in [1.82, 2.24) is 0 Å². The fourth-order valence-electron chi connectivity index (χ4n) is 1.32. The Hall–Kier alpha value is -1.02. The van der Waals surface area contributed by atoms with Gasteiger partial charge in [0.2, 0.25) is 0 Å². The molecule has 0 amide bonds. The van der Waals surface area contributed by atoms with Gasteiger partial charge in [-0.15, -0.1) is 0 Å². The lowest BCUT2D eigenvalue weighted by Crippen LogP contribution is -2.10. The molecule has 0 bridgehead atoms. The van der Waals surface area contributed by atoms with E-state index in [1.165, 1.54) is 11.1 Å². The molecule has 1 unspecified atom stereocenters. The van der Waals surface area contributed by atoms with Crippen molar-refractivity contribution in [3.63, 3.8) is 0 Å². The highest BCUT2D eigenvalue weighted by Gasteiger charge is 2.05. The van der Waals surface area contributed by atoms with Gasteiger partial charge in [-0.05, 0) is 42.6 Å².